The number of carbonyl (C=O) groups is 1. The third-order valence-electron chi connectivity index (χ3n) is 5.56. The summed E-state index contributed by atoms with van der Waals surface area (Å²) in [6.45, 7) is 1.39. The number of rotatable bonds is 6. The lowest BCUT2D eigenvalue weighted by Gasteiger charge is -2.26. The van der Waals surface area contributed by atoms with Crippen molar-refractivity contribution < 1.29 is 17.9 Å². The number of amides is 1. The van der Waals surface area contributed by atoms with Gasteiger partial charge in [0.25, 0.3) is 5.91 Å². The second-order valence-electron chi connectivity index (χ2n) is 7.87. The number of nitrogens with one attached hydrogen (secondary N) is 1. The first-order chi connectivity index (χ1) is 17.0. The van der Waals surface area contributed by atoms with E-state index in [9.17, 15) is 13.2 Å². The van der Waals surface area contributed by atoms with Crippen LogP contribution in [0.3, 0.4) is 0 Å². The maximum absolute atomic E-state index is 13.0. The van der Waals surface area contributed by atoms with Gasteiger partial charge in [-0.25, -0.2) is 18.1 Å². The van der Waals surface area contributed by atoms with Gasteiger partial charge in [0.05, 0.1) is 23.8 Å². The number of nitrogens with zero attached hydrogens (tertiary/aromatic N) is 4. The molecule has 178 valence electrons. The molecule has 1 saturated heterocycles. The molecule has 2 heterocycles. The Morgan fingerprint density at radius 3 is 2.14 bits per heavy atom. The summed E-state index contributed by atoms with van der Waals surface area (Å²) >= 11 is 0. The fraction of sp³-hybridized carbons (Fsp3) is 0.160. The number of aromatic nitrogens is 3. The number of sulfonamides is 1. The predicted octanol–water partition coefficient (Wildman–Crippen LogP) is 3.21. The molecule has 0 bridgehead atoms. The van der Waals surface area contributed by atoms with Crippen molar-refractivity contribution in [2.24, 2.45) is 0 Å². The van der Waals surface area contributed by atoms with Crippen LogP contribution in [0.2, 0.25) is 0 Å². The van der Waals surface area contributed by atoms with Crippen LogP contribution in [0.25, 0.3) is 17.1 Å². The van der Waals surface area contributed by atoms with Crippen LogP contribution in [-0.2, 0) is 14.8 Å². The predicted molar refractivity (Wildman–Crippen MR) is 131 cm³/mol. The molecule has 35 heavy (non-hydrogen) atoms. The zero-order valence-electron chi connectivity index (χ0n) is 18.7. The minimum atomic E-state index is -3.61. The Hall–Kier alpha value is -3.86. The first-order valence-electron chi connectivity index (χ1n) is 11.1. The maximum atomic E-state index is 13.0. The van der Waals surface area contributed by atoms with Crippen LogP contribution in [0.4, 0.5) is 5.69 Å². The van der Waals surface area contributed by atoms with Gasteiger partial charge >= 0.3 is 0 Å². The topological polar surface area (TPSA) is 106 Å². The van der Waals surface area contributed by atoms with Gasteiger partial charge in [0.15, 0.2) is 5.82 Å². The van der Waals surface area contributed by atoms with Gasteiger partial charge in [-0.2, -0.15) is 4.31 Å². The lowest BCUT2D eigenvalue weighted by molar-refractivity contribution is 0.0730. The van der Waals surface area contributed by atoms with E-state index in [-0.39, 0.29) is 10.7 Å². The second kappa shape index (κ2) is 9.79. The lowest BCUT2D eigenvalue weighted by Crippen LogP contribution is -2.40. The Bertz CT molecular complexity index is 1360. The van der Waals surface area contributed by atoms with Crippen molar-refractivity contribution in [3.8, 4) is 17.1 Å². The molecule has 5 rings (SSSR count). The zero-order chi connectivity index (χ0) is 24.3. The van der Waals surface area contributed by atoms with Crippen LogP contribution < -0.4 is 5.32 Å². The molecule has 0 atom stereocenters. The van der Waals surface area contributed by atoms with E-state index in [1.807, 2.05) is 60.7 Å². The van der Waals surface area contributed by atoms with Gasteiger partial charge < -0.3 is 10.1 Å². The molecule has 1 aromatic heterocycles. The molecule has 0 spiro atoms. The van der Waals surface area contributed by atoms with Crippen molar-refractivity contribution in [1.29, 1.82) is 0 Å². The van der Waals surface area contributed by atoms with E-state index in [4.69, 9.17) is 4.74 Å². The summed E-state index contributed by atoms with van der Waals surface area (Å²) < 4.78 is 33.9. The third kappa shape index (κ3) is 4.85. The summed E-state index contributed by atoms with van der Waals surface area (Å²) in [5.41, 5.74) is 2.03. The highest BCUT2D eigenvalue weighted by molar-refractivity contribution is 7.89. The number of anilines is 1. The molecular weight excluding hydrogens is 466 g/mol. The van der Waals surface area contributed by atoms with E-state index in [1.54, 1.807) is 16.8 Å². The highest BCUT2D eigenvalue weighted by Crippen LogP contribution is 2.22. The zero-order valence-corrected chi connectivity index (χ0v) is 19.6. The minimum absolute atomic E-state index is 0.00211. The smallest absolute Gasteiger partial charge is 0.295 e. The Labute approximate surface area is 203 Å². The van der Waals surface area contributed by atoms with Gasteiger partial charge in [-0.15, -0.1) is 5.10 Å². The van der Waals surface area contributed by atoms with Crippen LogP contribution in [0.5, 0.6) is 0 Å². The molecule has 1 fully saturated rings. The molecule has 0 radical (unpaired) electrons. The van der Waals surface area contributed by atoms with Gasteiger partial charge in [0.2, 0.25) is 15.8 Å². The molecule has 3 aromatic carbocycles. The van der Waals surface area contributed by atoms with E-state index in [2.05, 4.69) is 15.4 Å². The van der Waals surface area contributed by atoms with Gasteiger partial charge in [-0.1, -0.05) is 48.5 Å². The number of morpholine rings is 1. The van der Waals surface area contributed by atoms with Gasteiger partial charge in [0.1, 0.15) is 0 Å². The van der Waals surface area contributed by atoms with E-state index < -0.39 is 15.9 Å². The number of para-hydroxylation sites is 1. The van der Waals surface area contributed by atoms with Crippen LogP contribution >= 0.6 is 0 Å². The average Bonchev–Trinajstić information content (AvgIpc) is 3.36. The number of ether oxygens (including phenoxy) is 1. The van der Waals surface area contributed by atoms with Crippen molar-refractivity contribution in [3.05, 3.63) is 90.8 Å². The highest BCUT2D eigenvalue weighted by Gasteiger charge is 2.26. The number of hydrogen-bond donors (Lipinski definition) is 1. The van der Waals surface area contributed by atoms with Crippen molar-refractivity contribution >= 4 is 21.6 Å². The standard InChI is InChI=1S/C25H23N5O4S/c31-25(26-20-11-13-22(14-12-20)35(32,33)29-15-17-34-18-16-29)23-27-24(19-7-3-1-4-8-19)30(28-23)21-9-5-2-6-10-21/h1-14H,15-18H2,(H,26,31). The Morgan fingerprint density at radius 2 is 1.49 bits per heavy atom. The van der Waals surface area contributed by atoms with E-state index in [0.717, 1.165) is 11.3 Å². The van der Waals surface area contributed by atoms with Crippen LogP contribution in [-0.4, -0.2) is 59.7 Å². The summed E-state index contributed by atoms with van der Waals surface area (Å²) in [5.74, 6) is 0.0345. The summed E-state index contributed by atoms with van der Waals surface area (Å²) in [5, 5.41) is 7.20. The van der Waals surface area contributed by atoms with Gasteiger partial charge in [0, 0.05) is 24.3 Å². The monoisotopic (exact) mass is 489 g/mol. The molecule has 10 heteroatoms. The molecule has 1 amide bonds. The van der Waals surface area contributed by atoms with E-state index >= 15 is 0 Å². The number of carbonyl (C=O) groups excluding carboxylic acids is 1. The molecule has 4 aromatic rings. The third-order valence-corrected chi connectivity index (χ3v) is 7.48. The number of benzene rings is 3. The Kier molecular flexibility index (Phi) is 6.41. The van der Waals surface area contributed by atoms with Crippen molar-refractivity contribution in [1.82, 2.24) is 19.1 Å². The first-order valence-corrected chi connectivity index (χ1v) is 12.5. The molecule has 9 nitrogen and oxygen atoms in total. The van der Waals surface area contributed by atoms with Crippen LogP contribution in [0.1, 0.15) is 10.6 Å². The average molecular weight is 490 g/mol. The summed E-state index contributed by atoms with van der Waals surface area (Å²) in [7, 11) is -3.61. The van der Waals surface area contributed by atoms with Crippen LogP contribution in [0, 0.1) is 0 Å². The molecular formula is C25H23N5O4S. The van der Waals surface area contributed by atoms with E-state index in [1.165, 1.54) is 16.4 Å². The van der Waals surface area contributed by atoms with Crippen molar-refractivity contribution in [3.63, 3.8) is 0 Å². The molecule has 1 aliphatic rings. The lowest BCUT2D eigenvalue weighted by atomic mass is 10.2. The normalized spacial score (nSPS) is 14.5. The molecule has 0 saturated carbocycles. The summed E-state index contributed by atoms with van der Waals surface area (Å²) in [4.78, 5) is 17.6. The molecule has 1 aliphatic heterocycles. The molecule has 0 unspecified atom stereocenters. The fourth-order valence-electron chi connectivity index (χ4n) is 3.76. The van der Waals surface area contributed by atoms with Crippen molar-refractivity contribution in [2.45, 2.75) is 4.90 Å². The largest absolute Gasteiger partial charge is 0.379 e. The Morgan fingerprint density at radius 1 is 0.857 bits per heavy atom. The SMILES string of the molecule is O=C(Nc1ccc(S(=O)(=O)N2CCOCC2)cc1)c1nc(-c2ccccc2)n(-c2ccccc2)n1. The van der Waals surface area contributed by atoms with Gasteiger partial charge in [-0.3, -0.25) is 4.79 Å². The molecule has 0 aliphatic carbocycles. The summed E-state index contributed by atoms with van der Waals surface area (Å²) in [6, 6.07) is 25.0. The van der Waals surface area contributed by atoms with Crippen LogP contribution in [0.15, 0.2) is 89.8 Å². The maximum Gasteiger partial charge on any atom is 0.295 e. The quantitative estimate of drug-likeness (QED) is 0.446. The second-order valence-corrected chi connectivity index (χ2v) is 9.81. The minimum Gasteiger partial charge on any atom is -0.379 e. The van der Waals surface area contributed by atoms with E-state index in [0.29, 0.717) is 37.8 Å². The summed E-state index contributed by atoms with van der Waals surface area (Å²) in [6.07, 6.45) is 0. The van der Waals surface area contributed by atoms with Gasteiger partial charge in [-0.05, 0) is 36.4 Å². The molecule has 1 N–H and O–H groups in total. The fourth-order valence-corrected chi connectivity index (χ4v) is 5.17. The Balaban J connectivity index is 1.39. The van der Waals surface area contributed by atoms with Crippen molar-refractivity contribution in [2.75, 3.05) is 31.6 Å². The first kappa shape index (κ1) is 22.9. The number of hydrogen-bond acceptors (Lipinski definition) is 6. The highest BCUT2D eigenvalue weighted by atomic mass is 32.2.